The fraction of sp³-hybridized carbons (Fsp3) is 0.235. The van der Waals surface area contributed by atoms with Crippen LogP contribution in [0.15, 0.2) is 36.4 Å². The van der Waals surface area contributed by atoms with Crippen LogP contribution >= 0.6 is 23.2 Å². The second-order valence-corrected chi connectivity index (χ2v) is 8.32. The highest BCUT2D eigenvalue weighted by molar-refractivity contribution is 7.92. The van der Waals surface area contributed by atoms with Crippen LogP contribution in [0, 0.1) is 6.92 Å². The average molecular weight is 417 g/mol. The molecule has 1 N–H and O–H groups in total. The Balaban J connectivity index is 2.22. The van der Waals surface area contributed by atoms with E-state index in [1.807, 2.05) is 0 Å². The molecule has 140 valence electrons. The molecule has 0 aliphatic heterocycles. The number of aryl methyl sites for hydroxylation is 1. The third kappa shape index (κ3) is 5.03. The van der Waals surface area contributed by atoms with Crippen molar-refractivity contribution < 1.29 is 17.9 Å². The highest BCUT2D eigenvalue weighted by atomic mass is 35.5. The molecule has 0 atom stereocenters. The number of hydrogen-bond acceptors (Lipinski definition) is 4. The van der Waals surface area contributed by atoms with Crippen LogP contribution in [-0.2, 0) is 14.8 Å². The number of benzene rings is 2. The lowest BCUT2D eigenvalue weighted by atomic mass is 10.2. The smallest absolute Gasteiger partial charge is 0.245 e. The first-order valence-electron chi connectivity index (χ1n) is 7.49. The van der Waals surface area contributed by atoms with Crippen LogP contribution < -0.4 is 14.4 Å². The van der Waals surface area contributed by atoms with E-state index in [0.717, 1.165) is 16.1 Å². The minimum Gasteiger partial charge on any atom is -0.495 e. The molecular formula is C17H18Cl2N2O4S. The Labute approximate surface area is 162 Å². The number of hydrogen-bond donors (Lipinski definition) is 1. The normalized spacial score (nSPS) is 11.1. The van der Waals surface area contributed by atoms with Gasteiger partial charge in [-0.05, 0) is 42.8 Å². The average Bonchev–Trinajstić information content (AvgIpc) is 2.54. The molecule has 0 heterocycles. The van der Waals surface area contributed by atoms with Gasteiger partial charge in [0, 0.05) is 10.7 Å². The zero-order valence-corrected chi connectivity index (χ0v) is 16.7. The molecule has 6 nitrogen and oxygen atoms in total. The van der Waals surface area contributed by atoms with E-state index in [4.69, 9.17) is 27.9 Å². The SMILES string of the molecule is COc1ccc(NC(=O)CN(c2ccc(C)c(Cl)c2)S(C)(=O)=O)cc1Cl. The lowest BCUT2D eigenvalue weighted by Gasteiger charge is -2.22. The molecule has 0 aliphatic rings. The summed E-state index contributed by atoms with van der Waals surface area (Å²) in [6.07, 6.45) is 1.03. The quantitative estimate of drug-likeness (QED) is 0.778. The van der Waals surface area contributed by atoms with Crippen LogP contribution in [0.3, 0.4) is 0 Å². The number of methoxy groups -OCH3 is 1. The summed E-state index contributed by atoms with van der Waals surface area (Å²) in [7, 11) is -2.20. The molecule has 0 aliphatic carbocycles. The number of ether oxygens (including phenoxy) is 1. The highest BCUT2D eigenvalue weighted by Crippen LogP contribution is 2.28. The van der Waals surface area contributed by atoms with Gasteiger partial charge >= 0.3 is 0 Å². The largest absolute Gasteiger partial charge is 0.495 e. The summed E-state index contributed by atoms with van der Waals surface area (Å²) >= 11 is 12.1. The minimum atomic E-state index is -3.69. The zero-order valence-electron chi connectivity index (χ0n) is 14.4. The van der Waals surface area contributed by atoms with Crippen molar-refractivity contribution in [3.63, 3.8) is 0 Å². The van der Waals surface area contributed by atoms with Gasteiger partial charge in [-0.3, -0.25) is 9.10 Å². The molecule has 26 heavy (non-hydrogen) atoms. The first kappa shape index (κ1) is 20.4. The molecule has 0 bridgehead atoms. The van der Waals surface area contributed by atoms with Crippen LogP contribution in [0.4, 0.5) is 11.4 Å². The first-order chi connectivity index (χ1) is 12.1. The van der Waals surface area contributed by atoms with E-state index in [1.54, 1.807) is 31.2 Å². The van der Waals surface area contributed by atoms with Crippen molar-refractivity contribution in [3.05, 3.63) is 52.0 Å². The summed E-state index contributed by atoms with van der Waals surface area (Å²) in [5.74, 6) is -0.0509. The number of carbonyl (C=O) groups excluding carboxylic acids is 1. The van der Waals surface area contributed by atoms with Crippen LogP contribution in [0.2, 0.25) is 10.0 Å². The Morgan fingerprint density at radius 2 is 1.85 bits per heavy atom. The Morgan fingerprint density at radius 3 is 2.38 bits per heavy atom. The maximum atomic E-state index is 12.3. The summed E-state index contributed by atoms with van der Waals surface area (Å²) in [6, 6.07) is 9.53. The monoisotopic (exact) mass is 416 g/mol. The fourth-order valence-electron chi connectivity index (χ4n) is 2.21. The molecule has 0 saturated carbocycles. The van der Waals surface area contributed by atoms with Crippen molar-refractivity contribution in [3.8, 4) is 5.75 Å². The lowest BCUT2D eigenvalue weighted by molar-refractivity contribution is -0.114. The minimum absolute atomic E-state index is 0.311. The number of nitrogens with one attached hydrogen (secondary N) is 1. The maximum Gasteiger partial charge on any atom is 0.245 e. The number of sulfonamides is 1. The number of anilines is 2. The predicted octanol–water partition coefficient (Wildman–Crippen LogP) is 3.72. The number of nitrogens with zero attached hydrogens (tertiary/aromatic N) is 1. The van der Waals surface area contributed by atoms with Crippen molar-refractivity contribution in [1.29, 1.82) is 0 Å². The lowest BCUT2D eigenvalue weighted by Crippen LogP contribution is -2.37. The molecule has 0 fully saturated rings. The summed E-state index contributed by atoms with van der Waals surface area (Å²) in [5.41, 5.74) is 1.54. The van der Waals surface area contributed by atoms with Crippen molar-refractivity contribution in [2.24, 2.45) is 0 Å². The topological polar surface area (TPSA) is 75.7 Å². The Bertz CT molecular complexity index is 932. The second-order valence-electron chi connectivity index (χ2n) is 5.60. The van der Waals surface area contributed by atoms with E-state index < -0.39 is 22.5 Å². The summed E-state index contributed by atoms with van der Waals surface area (Å²) in [5, 5.41) is 3.36. The van der Waals surface area contributed by atoms with Gasteiger partial charge in [-0.2, -0.15) is 0 Å². The summed E-state index contributed by atoms with van der Waals surface area (Å²) in [6.45, 7) is 1.40. The van der Waals surface area contributed by atoms with E-state index in [1.165, 1.54) is 19.2 Å². The van der Waals surface area contributed by atoms with Gasteiger partial charge in [0.1, 0.15) is 12.3 Å². The Hall–Kier alpha value is -1.96. The van der Waals surface area contributed by atoms with Gasteiger partial charge in [0.05, 0.1) is 24.1 Å². The Morgan fingerprint density at radius 1 is 1.15 bits per heavy atom. The van der Waals surface area contributed by atoms with Crippen LogP contribution in [0.1, 0.15) is 5.56 Å². The van der Waals surface area contributed by atoms with E-state index >= 15 is 0 Å². The zero-order chi connectivity index (χ0) is 19.5. The number of amides is 1. The second kappa shape index (κ2) is 8.16. The van der Waals surface area contributed by atoms with Crippen molar-refractivity contribution in [1.82, 2.24) is 0 Å². The molecule has 0 aromatic heterocycles. The third-order valence-electron chi connectivity index (χ3n) is 3.57. The van der Waals surface area contributed by atoms with Gasteiger partial charge < -0.3 is 10.1 Å². The number of carbonyl (C=O) groups is 1. The van der Waals surface area contributed by atoms with Crippen molar-refractivity contribution in [2.75, 3.05) is 29.5 Å². The van der Waals surface area contributed by atoms with Gasteiger partial charge in [0.15, 0.2) is 0 Å². The van der Waals surface area contributed by atoms with Crippen molar-refractivity contribution >= 4 is 50.5 Å². The molecule has 0 saturated heterocycles. The van der Waals surface area contributed by atoms with Gasteiger partial charge in [-0.25, -0.2) is 8.42 Å². The highest BCUT2D eigenvalue weighted by Gasteiger charge is 2.21. The molecular weight excluding hydrogens is 399 g/mol. The van der Waals surface area contributed by atoms with E-state index in [0.29, 0.717) is 27.2 Å². The van der Waals surface area contributed by atoms with E-state index in [-0.39, 0.29) is 0 Å². The molecule has 0 spiro atoms. The number of halogens is 2. The molecule has 0 unspecified atom stereocenters. The van der Waals surface area contributed by atoms with E-state index in [2.05, 4.69) is 5.32 Å². The number of rotatable bonds is 6. The molecule has 2 aromatic carbocycles. The molecule has 0 radical (unpaired) electrons. The standard InChI is InChI=1S/C17H18Cl2N2O4S/c1-11-4-6-13(9-14(11)18)21(26(3,23)24)10-17(22)20-12-5-7-16(25-2)15(19)8-12/h4-9H,10H2,1-3H3,(H,20,22). The summed E-state index contributed by atoms with van der Waals surface area (Å²) in [4.78, 5) is 12.3. The van der Waals surface area contributed by atoms with Gasteiger partial charge in [0.2, 0.25) is 15.9 Å². The maximum absolute atomic E-state index is 12.3. The fourth-order valence-corrected chi connectivity index (χ4v) is 3.49. The van der Waals surface area contributed by atoms with Crippen molar-refractivity contribution in [2.45, 2.75) is 6.92 Å². The van der Waals surface area contributed by atoms with E-state index in [9.17, 15) is 13.2 Å². The van der Waals surface area contributed by atoms with Gasteiger partial charge in [-0.1, -0.05) is 29.3 Å². The molecule has 1 amide bonds. The molecule has 9 heteroatoms. The van der Waals surface area contributed by atoms with Gasteiger partial charge in [0.25, 0.3) is 0 Å². The van der Waals surface area contributed by atoms with Crippen LogP contribution in [0.25, 0.3) is 0 Å². The van der Waals surface area contributed by atoms with Crippen LogP contribution in [0.5, 0.6) is 5.75 Å². The van der Waals surface area contributed by atoms with Crippen LogP contribution in [-0.4, -0.2) is 34.2 Å². The summed E-state index contributed by atoms with van der Waals surface area (Å²) < 4.78 is 30.3. The first-order valence-corrected chi connectivity index (χ1v) is 10.1. The van der Waals surface area contributed by atoms with Gasteiger partial charge in [-0.15, -0.1) is 0 Å². The predicted molar refractivity (Wildman–Crippen MR) is 105 cm³/mol. The Kier molecular flexibility index (Phi) is 6.39. The third-order valence-corrected chi connectivity index (χ3v) is 5.41. The molecule has 2 rings (SSSR count). The molecule has 2 aromatic rings.